The van der Waals surface area contributed by atoms with Gasteiger partial charge in [-0.15, -0.1) is 0 Å². The van der Waals surface area contributed by atoms with Gasteiger partial charge in [0, 0.05) is 41.7 Å². The Bertz CT molecular complexity index is 640. The predicted molar refractivity (Wildman–Crippen MR) is 77.0 cm³/mol. The molecule has 17 heavy (non-hydrogen) atoms. The van der Waals surface area contributed by atoms with Crippen molar-refractivity contribution in [3.05, 3.63) is 40.8 Å². The highest BCUT2D eigenvalue weighted by Gasteiger charge is 2.15. The summed E-state index contributed by atoms with van der Waals surface area (Å²) in [6, 6.07) is 7.79. The van der Waals surface area contributed by atoms with Crippen LogP contribution in [0.1, 0.15) is 6.42 Å². The number of nitrogens with zero attached hydrogens (tertiary/aromatic N) is 2. The van der Waals surface area contributed by atoms with Crippen LogP contribution in [0.15, 0.2) is 35.1 Å². The number of benzene rings is 1. The molecule has 1 N–H and O–H groups in total. The second-order valence-corrected chi connectivity index (χ2v) is 5.48. The largest absolute Gasteiger partial charge is 0.330 e. The van der Waals surface area contributed by atoms with Crippen molar-refractivity contribution in [1.29, 1.82) is 0 Å². The number of imidazole rings is 1. The van der Waals surface area contributed by atoms with E-state index in [0.717, 1.165) is 36.2 Å². The molecular weight excluding hydrogens is 329 g/mol. The first kappa shape index (κ1) is 11.0. The molecule has 3 rings (SSSR count). The predicted octanol–water partition coefficient (Wildman–Crippen LogP) is 2.23. The number of aromatic nitrogens is 2. The minimum absolute atomic E-state index is 0.0517. The Balaban J connectivity index is 2.20. The third-order valence-corrected chi connectivity index (χ3v) is 3.79. The van der Waals surface area contributed by atoms with Gasteiger partial charge in [-0.25, -0.2) is 7.91 Å². The summed E-state index contributed by atoms with van der Waals surface area (Å²) in [7, 11) is 0. The molecule has 0 fully saturated rings. The van der Waals surface area contributed by atoms with Crippen LogP contribution < -0.4 is 5.69 Å². The molecule has 1 aliphatic rings. The van der Waals surface area contributed by atoms with Crippen molar-refractivity contribution in [2.45, 2.75) is 6.42 Å². The molecular formula is C12H12IN3O. The summed E-state index contributed by atoms with van der Waals surface area (Å²) in [6.45, 7) is 1.85. The van der Waals surface area contributed by atoms with Gasteiger partial charge >= 0.3 is 5.69 Å². The lowest BCUT2D eigenvalue weighted by atomic mass is 10.2. The van der Waals surface area contributed by atoms with Crippen LogP contribution in [-0.4, -0.2) is 25.8 Å². The number of aromatic amines is 1. The first-order valence-corrected chi connectivity index (χ1v) is 6.52. The van der Waals surface area contributed by atoms with Gasteiger partial charge in [-0.2, -0.15) is 0 Å². The molecule has 1 aromatic carbocycles. The molecule has 0 unspecified atom stereocenters. The molecule has 88 valence electrons. The zero-order chi connectivity index (χ0) is 11.8. The number of halogens is 1. The standard InChI is InChI=1S/C12H12IN3O/c13-15-7-3-4-9(8-15)16-11-6-2-1-5-10(11)14-12(16)17/h1-2,4-6H,3,7-8H2,(H,14,17). The number of H-pyrrole nitrogens is 1. The van der Waals surface area contributed by atoms with E-state index in [0.29, 0.717) is 0 Å². The van der Waals surface area contributed by atoms with Gasteiger partial charge in [0.1, 0.15) is 0 Å². The maximum Gasteiger partial charge on any atom is 0.330 e. The van der Waals surface area contributed by atoms with Crippen LogP contribution in [0.4, 0.5) is 0 Å². The zero-order valence-corrected chi connectivity index (χ0v) is 11.3. The fraction of sp³-hybridized carbons (Fsp3) is 0.250. The number of para-hydroxylation sites is 2. The Labute approximate surface area is 112 Å². The van der Waals surface area contributed by atoms with Gasteiger partial charge < -0.3 is 4.98 Å². The lowest BCUT2D eigenvalue weighted by Crippen LogP contribution is -2.26. The van der Waals surface area contributed by atoms with Crippen molar-refractivity contribution in [2.24, 2.45) is 0 Å². The van der Waals surface area contributed by atoms with Crippen LogP contribution in [0, 0.1) is 0 Å². The van der Waals surface area contributed by atoms with Gasteiger partial charge in [-0.05, 0) is 18.6 Å². The first-order valence-electron chi connectivity index (χ1n) is 5.55. The van der Waals surface area contributed by atoms with E-state index in [1.807, 2.05) is 24.3 Å². The van der Waals surface area contributed by atoms with E-state index in [2.05, 4.69) is 37.0 Å². The van der Waals surface area contributed by atoms with E-state index in [-0.39, 0.29) is 5.69 Å². The van der Waals surface area contributed by atoms with E-state index in [1.165, 1.54) is 0 Å². The summed E-state index contributed by atoms with van der Waals surface area (Å²) < 4.78 is 3.97. The Morgan fingerprint density at radius 1 is 1.29 bits per heavy atom. The molecule has 2 aromatic rings. The number of rotatable bonds is 1. The zero-order valence-electron chi connectivity index (χ0n) is 9.19. The van der Waals surface area contributed by atoms with E-state index in [1.54, 1.807) is 4.57 Å². The van der Waals surface area contributed by atoms with Crippen molar-refractivity contribution >= 4 is 39.6 Å². The summed E-state index contributed by atoms with van der Waals surface area (Å²) in [4.78, 5) is 14.9. The number of nitrogens with one attached hydrogen (secondary N) is 1. The third-order valence-electron chi connectivity index (χ3n) is 2.96. The molecule has 1 aliphatic heterocycles. The average molecular weight is 341 g/mol. The SMILES string of the molecule is O=c1[nH]c2ccccc2n1C1=CCCN(I)C1. The summed E-state index contributed by atoms with van der Waals surface area (Å²) in [5.41, 5.74) is 2.86. The van der Waals surface area contributed by atoms with Gasteiger partial charge in [0.15, 0.2) is 0 Å². The Kier molecular flexibility index (Phi) is 2.79. The smallest absolute Gasteiger partial charge is 0.305 e. The minimum atomic E-state index is -0.0517. The molecule has 0 aliphatic carbocycles. The van der Waals surface area contributed by atoms with Gasteiger partial charge in [-0.1, -0.05) is 18.2 Å². The van der Waals surface area contributed by atoms with Crippen molar-refractivity contribution in [1.82, 2.24) is 12.7 Å². The Hall–Kier alpha value is -1.08. The Morgan fingerprint density at radius 3 is 2.94 bits per heavy atom. The molecule has 4 nitrogen and oxygen atoms in total. The molecule has 0 spiro atoms. The lowest BCUT2D eigenvalue weighted by molar-refractivity contribution is 0.548. The van der Waals surface area contributed by atoms with E-state index >= 15 is 0 Å². The van der Waals surface area contributed by atoms with Crippen LogP contribution >= 0.6 is 22.9 Å². The van der Waals surface area contributed by atoms with Crippen LogP contribution in [0.2, 0.25) is 0 Å². The normalized spacial score (nSPS) is 17.4. The molecule has 5 heteroatoms. The summed E-state index contributed by atoms with van der Waals surface area (Å²) in [5, 5.41) is 0. The molecule has 0 bridgehead atoms. The fourth-order valence-corrected chi connectivity index (χ4v) is 2.82. The Morgan fingerprint density at radius 2 is 2.12 bits per heavy atom. The van der Waals surface area contributed by atoms with Crippen LogP contribution in [0.3, 0.4) is 0 Å². The minimum Gasteiger partial charge on any atom is -0.305 e. The first-order chi connectivity index (χ1) is 8.25. The molecule has 0 atom stereocenters. The molecule has 1 aromatic heterocycles. The number of hydrogen-bond donors (Lipinski definition) is 1. The second-order valence-electron chi connectivity index (χ2n) is 4.11. The summed E-state index contributed by atoms with van der Waals surface area (Å²) >= 11 is 2.30. The molecule has 0 saturated carbocycles. The van der Waals surface area contributed by atoms with Gasteiger partial charge in [0.25, 0.3) is 0 Å². The van der Waals surface area contributed by atoms with Crippen LogP contribution in [-0.2, 0) is 0 Å². The molecule has 0 radical (unpaired) electrons. The van der Waals surface area contributed by atoms with Gasteiger partial charge in [0.2, 0.25) is 0 Å². The maximum absolute atomic E-state index is 12.0. The highest BCUT2D eigenvalue weighted by molar-refractivity contribution is 14.1. The van der Waals surface area contributed by atoms with Crippen LogP contribution in [0.5, 0.6) is 0 Å². The van der Waals surface area contributed by atoms with Crippen LogP contribution in [0.25, 0.3) is 16.7 Å². The highest BCUT2D eigenvalue weighted by atomic mass is 127. The van der Waals surface area contributed by atoms with Gasteiger partial charge in [-0.3, -0.25) is 4.57 Å². The van der Waals surface area contributed by atoms with Gasteiger partial charge in [0.05, 0.1) is 11.0 Å². The highest BCUT2D eigenvalue weighted by Crippen LogP contribution is 2.20. The maximum atomic E-state index is 12.0. The summed E-state index contributed by atoms with van der Waals surface area (Å²) in [6.07, 6.45) is 3.14. The van der Waals surface area contributed by atoms with E-state index in [4.69, 9.17) is 0 Å². The third kappa shape index (κ3) is 1.93. The number of fused-ring (bicyclic) bond motifs is 1. The summed E-state index contributed by atoms with van der Waals surface area (Å²) in [5.74, 6) is 0. The van der Waals surface area contributed by atoms with E-state index < -0.39 is 0 Å². The molecule has 2 heterocycles. The van der Waals surface area contributed by atoms with Crippen molar-refractivity contribution in [2.75, 3.05) is 13.1 Å². The van der Waals surface area contributed by atoms with Crippen molar-refractivity contribution in [3.8, 4) is 0 Å². The number of hydrogen-bond acceptors (Lipinski definition) is 2. The van der Waals surface area contributed by atoms with Crippen molar-refractivity contribution < 1.29 is 0 Å². The monoisotopic (exact) mass is 341 g/mol. The quantitative estimate of drug-likeness (QED) is 0.638. The molecule has 0 amide bonds. The molecule has 0 saturated heterocycles. The lowest BCUT2D eigenvalue weighted by Gasteiger charge is -2.21. The fourth-order valence-electron chi connectivity index (χ4n) is 2.19. The topological polar surface area (TPSA) is 41.0 Å². The average Bonchev–Trinajstić information content (AvgIpc) is 2.64. The second kappa shape index (κ2) is 4.30. The van der Waals surface area contributed by atoms with Crippen molar-refractivity contribution in [3.63, 3.8) is 0 Å². The van der Waals surface area contributed by atoms with E-state index in [9.17, 15) is 4.79 Å².